The minimum atomic E-state index is -1.59. The van der Waals surface area contributed by atoms with Crippen LogP contribution < -0.4 is 16.2 Å². The molecule has 0 amide bonds. The van der Waals surface area contributed by atoms with E-state index in [0.717, 1.165) is 10.9 Å². The van der Waals surface area contributed by atoms with Crippen LogP contribution in [0, 0.1) is 0 Å². The molecule has 7 nitrogen and oxygen atoms in total. The molecule has 130 valence electrons. The maximum Gasteiger partial charge on any atom is 0.332 e. The van der Waals surface area contributed by atoms with Gasteiger partial charge in [0.15, 0.2) is 6.10 Å². The highest BCUT2D eigenvalue weighted by Gasteiger charge is 2.23. The molecule has 1 aromatic heterocycles. The van der Waals surface area contributed by atoms with Crippen LogP contribution in [0.2, 0.25) is 0 Å². The van der Waals surface area contributed by atoms with Crippen LogP contribution in [-0.2, 0) is 11.2 Å². The number of carboxylic acid groups (broad SMARTS) is 1. The zero-order chi connectivity index (χ0) is 18.1. The van der Waals surface area contributed by atoms with Crippen LogP contribution in [0.25, 0.3) is 21.8 Å². The monoisotopic (exact) mass is 341 g/mol. The largest absolute Gasteiger partial charge is 0.491 e. The third kappa shape index (κ3) is 2.89. The number of nitrogens with two attached hydrogens (primary N) is 2. The fraction of sp³-hybridized carbons (Fsp3) is 0.222. The Morgan fingerprint density at radius 2 is 2.00 bits per heavy atom. The van der Waals surface area contributed by atoms with E-state index in [1.165, 1.54) is 0 Å². The Balaban J connectivity index is 2.37. The van der Waals surface area contributed by atoms with Crippen LogP contribution in [-0.4, -0.2) is 33.9 Å². The van der Waals surface area contributed by atoms with Gasteiger partial charge in [-0.2, -0.15) is 0 Å². The Morgan fingerprint density at radius 1 is 1.28 bits per heavy atom. The van der Waals surface area contributed by atoms with Crippen molar-refractivity contribution in [1.29, 1.82) is 0 Å². The minimum absolute atomic E-state index is 0.161. The lowest BCUT2D eigenvalue weighted by Gasteiger charge is -2.19. The molecular weight excluding hydrogens is 322 g/mol. The minimum Gasteiger partial charge on any atom is -0.491 e. The number of benzene rings is 2. The molecule has 0 fully saturated rings. The molecule has 0 saturated heterocycles. The standard InChI is InChI=1S/C18H19N3O4/c1-2-25-17-11(8-13(22)18(23)24)10-7-9-5-3-4-6-12(9)21-16(10)14(19)15(17)20/h3-7,13,22H,2,8,19-20H2,1H3,(H,23,24). The number of aliphatic hydroxyl groups is 1. The molecule has 25 heavy (non-hydrogen) atoms. The number of pyridine rings is 1. The first kappa shape index (κ1) is 16.8. The first-order valence-corrected chi connectivity index (χ1v) is 7.87. The van der Waals surface area contributed by atoms with Gasteiger partial charge in [0, 0.05) is 22.8 Å². The summed E-state index contributed by atoms with van der Waals surface area (Å²) in [7, 11) is 0. The van der Waals surface area contributed by atoms with Crippen molar-refractivity contribution in [3.8, 4) is 5.75 Å². The summed E-state index contributed by atoms with van der Waals surface area (Å²) < 4.78 is 5.61. The van der Waals surface area contributed by atoms with E-state index in [1.807, 2.05) is 30.3 Å². The van der Waals surface area contributed by atoms with E-state index in [4.69, 9.17) is 21.3 Å². The summed E-state index contributed by atoms with van der Waals surface area (Å²) in [5.74, 6) is -1.02. The van der Waals surface area contributed by atoms with E-state index in [1.54, 1.807) is 6.92 Å². The highest BCUT2D eigenvalue weighted by atomic mass is 16.5. The average Bonchev–Trinajstić information content (AvgIpc) is 2.61. The van der Waals surface area contributed by atoms with E-state index < -0.39 is 12.1 Å². The predicted molar refractivity (Wildman–Crippen MR) is 96.6 cm³/mol. The zero-order valence-corrected chi connectivity index (χ0v) is 13.7. The molecule has 0 saturated carbocycles. The van der Waals surface area contributed by atoms with Gasteiger partial charge in [-0.1, -0.05) is 18.2 Å². The van der Waals surface area contributed by atoms with Crippen molar-refractivity contribution in [1.82, 2.24) is 4.98 Å². The predicted octanol–water partition coefficient (Wildman–Crippen LogP) is 1.94. The second-order valence-electron chi connectivity index (χ2n) is 5.70. The summed E-state index contributed by atoms with van der Waals surface area (Å²) in [6.45, 7) is 2.11. The van der Waals surface area contributed by atoms with Crippen LogP contribution in [0.5, 0.6) is 5.75 Å². The van der Waals surface area contributed by atoms with Gasteiger partial charge < -0.3 is 26.4 Å². The molecule has 3 aromatic rings. The number of rotatable bonds is 5. The Hall–Kier alpha value is -3.06. The molecule has 6 N–H and O–H groups in total. The van der Waals surface area contributed by atoms with Crippen LogP contribution in [0.1, 0.15) is 12.5 Å². The molecule has 0 aliphatic heterocycles. The Labute approximate surface area is 143 Å². The number of carboxylic acids is 1. The molecule has 0 spiro atoms. The molecule has 7 heteroatoms. The third-order valence-corrected chi connectivity index (χ3v) is 4.08. The van der Waals surface area contributed by atoms with E-state index in [-0.39, 0.29) is 17.8 Å². The van der Waals surface area contributed by atoms with E-state index in [2.05, 4.69) is 4.98 Å². The molecule has 1 heterocycles. The Morgan fingerprint density at radius 3 is 2.68 bits per heavy atom. The van der Waals surface area contributed by atoms with Crippen LogP contribution in [0.15, 0.2) is 30.3 Å². The molecule has 3 rings (SSSR count). The number of hydrogen-bond acceptors (Lipinski definition) is 6. The molecule has 0 aliphatic rings. The van der Waals surface area contributed by atoms with Gasteiger partial charge in [0.05, 0.1) is 23.3 Å². The van der Waals surface area contributed by atoms with Gasteiger partial charge in [-0.3, -0.25) is 0 Å². The normalized spacial score (nSPS) is 12.4. The lowest BCUT2D eigenvalue weighted by molar-refractivity contribution is -0.146. The third-order valence-electron chi connectivity index (χ3n) is 4.08. The number of ether oxygens (including phenoxy) is 1. The first-order chi connectivity index (χ1) is 11.9. The summed E-state index contributed by atoms with van der Waals surface area (Å²) in [6, 6.07) is 9.36. The Bertz CT molecular complexity index is 972. The van der Waals surface area contributed by atoms with E-state index in [0.29, 0.717) is 28.8 Å². The molecular formula is C18H19N3O4. The maximum atomic E-state index is 11.1. The number of para-hydroxylation sites is 1. The van der Waals surface area contributed by atoms with Crippen LogP contribution >= 0.6 is 0 Å². The molecule has 0 bridgehead atoms. The maximum absolute atomic E-state index is 11.1. The highest BCUT2D eigenvalue weighted by Crippen LogP contribution is 2.41. The highest BCUT2D eigenvalue weighted by molar-refractivity contribution is 6.05. The van der Waals surface area contributed by atoms with Crippen molar-refractivity contribution >= 4 is 39.1 Å². The van der Waals surface area contributed by atoms with Gasteiger partial charge in [0.25, 0.3) is 0 Å². The van der Waals surface area contributed by atoms with Crippen LogP contribution in [0.3, 0.4) is 0 Å². The summed E-state index contributed by atoms with van der Waals surface area (Å²) >= 11 is 0. The van der Waals surface area contributed by atoms with Gasteiger partial charge in [-0.25, -0.2) is 9.78 Å². The number of fused-ring (bicyclic) bond motifs is 2. The number of aliphatic carboxylic acids is 1. The average molecular weight is 341 g/mol. The van der Waals surface area contributed by atoms with Gasteiger partial charge in [0.1, 0.15) is 11.4 Å². The number of carbonyl (C=O) groups is 1. The van der Waals surface area contributed by atoms with Crippen molar-refractivity contribution < 1.29 is 19.7 Å². The van der Waals surface area contributed by atoms with Crippen molar-refractivity contribution in [2.45, 2.75) is 19.4 Å². The number of nitrogen functional groups attached to an aromatic ring is 2. The lowest BCUT2D eigenvalue weighted by atomic mass is 9.97. The number of nitrogens with zero attached hydrogens (tertiary/aromatic N) is 1. The summed E-state index contributed by atoms with van der Waals surface area (Å²) in [5.41, 5.74) is 14.4. The van der Waals surface area contributed by atoms with Gasteiger partial charge >= 0.3 is 5.97 Å². The van der Waals surface area contributed by atoms with Gasteiger partial charge in [-0.05, 0) is 19.1 Å². The van der Waals surface area contributed by atoms with Crippen molar-refractivity contribution in [2.75, 3.05) is 18.1 Å². The van der Waals surface area contributed by atoms with Crippen LogP contribution in [0.4, 0.5) is 11.4 Å². The van der Waals surface area contributed by atoms with E-state index >= 15 is 0 Å². The van der Waals surface area contributed by atoms with Gasteiger partial charge in [0.2, 0.25) is 0 Å². The molecule has 0 radical (unpaired) electrons. The smallest absolute Gasteiger partial charge is 0.332 e. The lowest BCUT2D eigenvalue weighted by Crippen LogP contribution is -2.23. The molecule has 2 aromatic carbocycles. The number of anilines is 2. The van der Waals surface area contributed by atoms with Crippen molar-refractivity contribution in [3.05, 3.63) is 35.9 Å². The molecule has 0 aliphatic carbocycles. The Kier molecular flexibility index (Phi) is 4.33. The zero-order valence-electron chi connectivity index (χ0n) is 13.7. The molecule has 1 unspecified atom stereocenters. The first-order valence-electron chi connectivity index (χ1n) is 7.87. The quantitative estimate of drug-likeness (QED) is 0.412. The second kappa shape index (κ2) is 6.45. The summed E-state index contributed by atoms with van der Waals surface area (Å²) in [4.78, 5) is 15.7. The number of aromatic nitrogens is 1. The van der Waals surface area contributed by atoms with Crippen molar-refractivity contribution in [3.63, 3.8) is 0 Å². The number of aliphatic hydroxyl groups excluding tert-OH is 1. The summed E-state index contributed by atoms with van der Waals surface area (Å²) in [6.07, 6.45) is -1.75. The fourth-order valence-corrected chi connectivity index (χ4v) is 2.88. The second-order valence-corrected chi connectivity index (χ2v) is 5.70. The molecule has 1 atom stereocenters. The summed E-state index contributed by atoms with van der Waals surface area (Å²) in [5, 5.41) is 20.4. The number of hydrogen-bond donors (Lipinski definition) is 4. The topological polar surface area (TPSA) is 132 Å². The SMILES string of the molecule is CCOc1c(N)c(N)c2nc3ccccc3cc2c1CC(O)C(=O)O. The fourth-order valence-electron chi connectivity index (χ4n) is 2.88. The van der Waals surface area contributed by atoms with Gasteiger partial charge in [-0.15, -0.1) is 0 Å². The van der Waals surface area contributed by atoms with E-state index in [9.17, 15) is 9.90 Å². The van der Waals surface area contributed by atoms with Crippen molar-refractivity contribution in [2.24, 2.45) is 0 Å².